The standard InChI is InChI=1S/C10H14N2O/c1-7(2)9(13)4-10-11-5-8(3)6-12-10/h5-7H,4H2,1-3H3. The number of carbonyl (C=O) groups excluding carboxylic acids is 1. The first-order valence-electron chi connectivity index (χ1n) is 4.40. The molecular weight excluding hydrogens is 164 g/mol. The second kappa shape index (κ2) is 4.12. The highest BCUT2D eigenvalue weighted by molar-refractivity contribution is 5.81. The number of hydrogen-bond acceptors (Lipinski definition) is 3. The maximum Gasteiger partial charge on any atom is 0.142 e. The van der Waals surface area contributed by atoms with Gasteiger partial charge in [-0.15, -0.1) is 0 Å². The SMILES string of the molecule is Cc1cnc(CC(=O)C(C)C)nc1. The maximum absolute atomic E-state index is 11.3. The van der Waals surface area contributed by atoms with Crippen LogP contribution in [-0.4, -0.2) is 15.8 Å². The predicted octanol–water partition coefficient (Wildman–Crippen LogP) is 1.55. The van der Waals surface area contributed by atoms with E-state index in [-0.39, 0.29) is 11.7 Å². The summed E-state index contributed by atoms with van der Waals surface area (Å²) in [5.41, 5.74) is 1.01. The van der Waals surface area contributed by atoms with E-state index in [0.29, 0.717) is 12.2 Å². The van der Waals surface area contributed by atoms with Crippen LogP contribution in [-0.2, 0) is 11.2 Å². The van der Waals surface area contributed by atoms with Crippen LogP contribution in [0.4, 0.5) is 0 Å². The summed E-state index contributed by atoms with van der Waals surface area (Å²) in [5, 5.41) is 0. The molecule has 3 nitrogen and oxygen atoms in total. The summed E-state index contributed by atoms with van der Waals surface area (Å²) in [5.74, 6) is 0.859. The van der Waals surface area contributed by atoms with Crippen LogP contribution < -0.4 is 0 Å². The normalized spacial score (nSPS) is 10.5. The van der Waals surface area contributed by atoms with E-state index < -0.39 is 0 Å². The Balaban J connectivity index is 2.65. The highest BCUT2D eigenvalue weighted by Crippen LogP contribution is 2.01. The molecule has 0 fully saturated rings. The molecule has 1 rings (SSSR count). The van der Waals surface area contributed by atoms with E-state index in [1.54, 1.807) is 12.4 Å². The van der Waals surface area contributed by atoms with E-state index in [1.165, 1.54) is 0 Å². The molecule has 1 heterocycles. The topological polar surface area (TPSA) is 42.9 Å². The number of nitrogens with zero attached hydrogens (tertiary/aromatic N) is 2. The monoisotopic (exact) mass is 178 g/mol. The van der Waals surface area contributed by atoms with E-state index in [0.717, 1.165) is 5.56 Å². The van der Waals surface area contributed by atoms with Crippen LogP contribution in [0, 0.1) is 12.8 Å². The lowest BCUT2D eigenvalue weighted by Gasteiger charge is -2.02. The van der Waals surface area contributed by atoms with E-state index >= 15 is 0 Å². The molecule has 0 amide bonds. The van der Waals surface area contributed by atoms with Gasteiger partial charge in [0.15, 0.2) is 0 Å². The second-order valence-corrected chi connectivity index (χ2v) is 3.47. The molecule has 1 aromatic heterocycles. The van der Waals surface area contributed by atoms with Gasteiger partial charge in [-0.2, -0.15) is 0 Å². The number of ketones is 1. The van der Waals surface area contributed by atoms with Crippen LogP contribution in [0.15, 0.2) is 12.4 Å². The number of aryl methyl sites for hydroxylation is 1. The third-order valence-corrected chi connectivity index (χ3v) is 1.81. The molecule has 0 bridgehead atoms. The lowest BCUT2D eigenvalue weighted by Crippen LogP contribution is -2.12. The Morgan fingerprint density at radius 3 is 2.38 bits per heavy atom. The van der Waals surface area contributed by atoms with Crippen molar-refractivity contribution >= 4 is 5.78 Å². The van der Waals surface area contributed by atoms with E-state index in [9.17, 15) is 4.79 Å². The Morgan fingerprint density at radius 2 is 1.92 bits per heavy atom. The number of rotatable bonds is 3. The van der Waals surface area contributed by atoms with Gasteiger partial charge in [0.2, 0.25) is 0 Å². The Morgan fingerprint density at radius 1 is 1.38 bits per heavy atom. The average Bonchev–Trinajstić information content (AvgIpc) is 2.08. The molecule has 0 N–H and O–H groups in total. The molecule has 70 valence electrons. The van der Waals surface area contributed by atoms with Crippen molar-refractivity contribution in [2.45, 2.75) is 27.2 Å². The Labute approximate surface area is 78.2 Å². The van der Waals surface area contributed by atoms with Crippen molar-refractivity contribution in [3.8, 4) is 0 Å². The molecule has 0 unspecified atom stereocenters. The largest absolute Gasteiger partial charge is 0.299 e. The minimum atomic E-state index is 0.0601. The van der Waals surface area contributed by atoms with Crippen LogP contribution in [0.2, 0.25) is 0 Å². The average molecular weight is 178 g/mol. The fraction of sp³-hybridized carbons (Fsp3) is 0.500. The van der Waals surface area contributed by atoms with Crippen LogP contribution in [0.1, 0.15) is 25.2 Å². The Bertz CT molecular complexity index is 290. The highest BCUT2D eigenvalue weighted by Gasteiger charge is 2.09. The van der Waals surface area contributed by atoms with Crippen LogP contribution in [0.5, 0.6) is 0 Å². The van der Waals surface area contributed by atoms with Crippen LogP contribution in [0.3, 0.4) is 0 Å². The predicted molar refractivity (Wildman–Crippen MR) is 50.3 cm³/mol. The van der Waals surface area contributed by atoms with Gasteiger partial charge in [0, 0.05) is 18.3 Å². The van der Waals surface area contributed by atoms with Crippen molar-refractivity contribution in [2.75, 3.05) is 0 Å². The van der Waals surface area contributed by atoms with Crippen molar-refractivity contribution in [3.05, 3.63) is 23.8 Å². The first kappa shape index (κ1) is 9.84. The van der Waals surface area contributed by atoms with Gasteiger partial charge in [0.1, 0.15) is 11.6 Å². The zero-order valence-electron chi connectivity index (χ0n) is 8.24. The molecule has 0 saturated heterocycles. The van der Waals surface area contributed by atoms with Crippen molar-refractivity contribution in [2.24, 2.45) is 5.92 Å². The number of Topliss-reactive ketones (excluding diaryl/α,β-unsaturated/α-hetero) is 1. The lowest BCUT2D eigenvalue weighted by molar-refractivity contribution is -0.121. The molecular formula is C10H14N2O. The second-order valence-electron chi connectivity index (χ2n) is 3.47. The Kier molecular flexibility index (Phi) is 3.12. The quantitative estimate of drug-likeness (QED) is 0.705. The highest BCUT2D eigenvalue weighted by atomic mass is 16.1. The van der Waals surface area contributed by atoms with Gasteiger partial charge >= 0.3 is 0 Å². The third-order valence-electron chi connectivity index (χ3n) is 1.81. The Hall–Kier alpha value is -1.25. The summed E-state index contributed by atoms with van der Waals surface area (Å²) >= 11 is 0. The van der Waals surface area contributed by atoms with E-state index in [4.69, 9.17) is 0 Å². The number of carbonyl (C=O) groups is 1. The first-order chi connectivity index (χ1) is 6.09. The summed E-state index contributed by atoms with van der Waals surface area (Å²) in [6.45, 7) is 5.70. The summed E-state index contributed by atoms with van der Waals surface area (Å²) in [6.07, 6.45) is 3.81. The van der Waals surface area contributed by atoms with Gasteiger partial charge in [0.05, 0.1) is 6.42 Å². The zero-order valence-corrected chi connectivity index (χ0v) is 8.24. The molecule has 0 saturated carbocycles. The summed E-state index contributed by atoms with van der Waals surface area (Å²) in [6, 6.07) is 0. The van der Waals surface area contributed by atoms with Gasteiger partial charge in [-0.3, -0.25) is 4.79 Å². The number of hydrogen-bond donors (Lipinski definition) is 0. The smallest absolute Gasteiger partial charge is 0.142 e. The van der Waals surface area contributed by atoms with E-state index in [1.807, 2.05) is 20.8 Å². The van der Waals surface area contributed by atoms with Crippen molar-refractivity contribution in [3.63, 3.8) is 0 Å². The van der Waals surface area contributed by atoms with Crippen molar-refractivity contribution < 1.29 is 4.79 Å². The van der Waals surface area contributed by atoms with Crippen molar-refractivity contribution in [1.29, 1.82) is 0 Å². The molecule has 0 aliphatic rings. The fourth-order valence-corrected chi connectivity index (χ4v) is 0.871. The minimum Gasteiger partial charge on any atom is -0.299 e. The summed E-state index contributed by atoms with van der Waals surface area (Å²) in [7, 11) is 0. The molecule has 0 radical (unpaired) electrons. The van der Waals surface area contributed by atoms with Gasteiger partial charge in [-0.05, 0) is 12.5 Å². The van der Waals surface area contributed by atoms with Gasteiger partial charge in [0.25, 0.3) is 0 Å². The molecule has 3 heteroatoms. The first-order valence-corrected chi connectivity index (χ1v) is 4.40. The molecule has 0 aliphatic carbocycles. The maximum atomic E-state index is 11.3. The zero-order chi connectivity index (χ0) is 9.84. The molecule has 1 aromatic rings. The number of aromatic nitrogens is 2. The van der Waals surface area contributed by atoms with Crippen LogP contribution >= 0.6 is 0 Å². The molecule has 0 aliphatic heterocycles. The van der Waals surface area contributed by atoms with E-state index in [2.05, 4.69) is 9.97 Å². The molecule has 13 heavy (non-hydrogen) atoms. The third kappa shape index (κ3) is 2.93. The molecule has 0 spiro atoms. The summed E-state index contributed by atoms with van der Waals surface area (Å²) in [4.78, 5) is 19.5. The summed E-state index contributed by atoms with van der Waals surface area (Å²) < 4.78 is 0. The lowest BCUT2D eigenvalue weighted by atomic mass is 10.1. The van der Waals surface area contributed by atoms with Gasteiger partial charge < -0.3 is 0 Å². The van der Waals surface area contributed by atoms with Gasteiger partial charge in [-0.1, -0.05) is 13.8 Å². The van der Waals surface area contributed by atoms with Crippen molar-refractivity contribution in [1.82, 2.24) is 9.97 Å². The van der Waals surface area contributed by atoms with Crippen LogP contribution in [0.25, 0.3) is 0 Å². The molecule has 0 aromatic carbocycles. The fourth-order valence-electron chi connectivity index (χ4n) is 0.871. The molecule has 0 atom stereocenters. The van der Waals surface area contributed by atoms with Gasteiger partial charge in [-0.25, -0.2) is 9.97 Å². The minimum absolute atomic E-state index is 0.0601.